The summed E-state index contributed by atoms with van der Waals surface area (Å²) in [5, 5.41) is 18.4. The van der Waals surface area contributed by atoms with Gasteiger partial charge in [-0.2, -0.15) is 4.31 Å². The van der Waals surface area contributed by atoms with E-state index in [-0.39, 0.29) is 23.2 Å². The number of sulfonamides is 1. The second kappa shape index (κ2) is 5.16. The summed E-state index contributed by atoms with van der Waals surface area (Å²) in [5.74, 6) is -1.47. The maximum absolute atomic E-state index is 12.3. The Morgan fingerprint density at radius 3 is 2.84 bits per heavy atom. The van der Waals surface area contributed by atoms with Gasteiger partial charge in [-0.25, -0.2) is 18.2 Å². The first-order valence-electron chi connectivity index (χ1n) is 5.69. The van der Waals surface area contributed by atoms with Crippen LogP contribution in [0.4, 0.5) is 0 Å². The Hall–Kier alpha value is -1.03. The van der Waals surface area contributed by atoms with Crippen LogP contribution in [0.25, 0.3) is 0 Å². The van der Waals surface area contributed by atoms with Gasteiger partial charge in [-0.05, 0) is 19.3 Å². The van der Waals surface area contributed by atoms with Crippen LogP contribution in [0.3, 0.4) is 0 Å². The SMILES string of the molecule is CC(O)C1CCN(S(=O)(=O)c2scnc2C(=O)O)C1. The summed E-state index contributed by atoms with van der Waals surface area (Å²) in [6.07, 6.45) is -0.0152. The van der Waals surface area contributed by atoms with Gasteiger partial charge in [-0.15, -0.1) is 11.3 Å². The fourth-order valence-electron chi connectivity index (χ4n) is 2.04. The molecular weight excluding hydrogens is 292 g/mol. The summed E-state index contributed by atoms with van der Waals surface area (Å²) in [5.41, 5.74) is 0.768. The van der Waals surface area contributed by atoms with E-state index in [2.05, 4.69) is 4.98 Å². The molecule has 1 saturated heterocycles. The van der Waals surface area contributed by atoms with Crippen molar-refractivity contribution >= 4 is 27.3 Å². The van der Waals surface area contributed by atoms with Gasteiger partial charge >= 0.3 is 5.97 Å². The molecule has 2 unspecified atom stereocenters. The molecule has 1 aromatic rings. The minimum atomic E-state index is -3.84. The van der Waals surface area contributed by atoms with Crippen LogP contribution in [-0.2, 0) is 10.0 Å². The molecule has 106 valence electrons. The minimum Gasteiger partial charge on any atom is -0.476 e. The average molecular weight is 306 g/mol. The van der Waals surface area contributed by atoms with E-state index in [1.165, 1.54) is 9.82 Å². The van der Waals surface area contributed by atoms with Gasteiger partial charge in [0, 0.05) is 13.1 Å². The molecule has 0 aliphatic carbocycles. The van der Waals surface area contributed by atoms with Gasteiger partial charge in [0.15, 0.2) is 9.90 Å². The zero-order chi connectivity index (χ0) is 14.2. The third kappa shape index (κ3) is 2.64. The quantitative estimate of drug-likeness (QED) is 0.824. The Bertz CT molecular complexity index is 580. The van der Waals surface area contributed by atoms with Crippen LogP contribution in [0.2, 0.25) is 0 Å². The molecular formula is C10H14N2O5S2. The second-order valence-corrected chi connectivity index (χ2v) is 7.43. The van der Waals surface area contributed by atoms with Crippen molar-refractivity contribution < 1.29 is 23.4 Å². The lowest BCUT2D eigenvalue weighted by Gasteiger charge is -2.16. The highest BCUT2D eigenvalue weighted by Gasteiger charge is 2.37. The van der Waals surface area contributed by atoms with Gasteiger partial charge in [-0.3, -0.25) is 0 Å². The number of carboxylic acids is 1. The number of hydrogen-bond donors (Lipinski definition) is 2. The molecule has 1 aliphatic rings. The normalized spacial score (nSPS) is 22.5. The lowest BCUT2D eigenvalue weighted by atomic mass is 10.0. The minimum absolute atomic E-state index is 0.115. The molecule has 7 nitrogen and oxygen atoms in total. The molecule has 1 aliphatic heterocycles. The van der Waals surface area contributed by atoms with E-state index in [1.807, 2.05) is 0 Å². The fraction of sp³-hybridized carbons (Fsp3) is 0.600. The third-order valence-corrected chi connectivity index (χ3v) is 6.39. The highest BCUT2D eigenvalue weighted by molar-refractivity contribution is 7.91. The molecule has 2 heterocycles. The van der Waals surface area contributed by atoms with E-state index in [0.29, 0.717) is 6.42 Å². The summed E-state index contributed by atoms with van der Waals surface area (Å²) in [6, 6.07) is 0. The topological polar surface area (TPSA) is 108 Å². The molecule has 1 aromatic heterocycles. The van der Waals surface area contributed by atoms with Crippen molar-refractivity contribution in [3.8, 4) is 0 Å². The van der Waals surface area contributed by atoms with E-state index in [1.54, 1.807) is 6.92 Å². The second-order valence-electron chi connectivity index (χ2n) is 4.45. The Morgan fingerprint density at radius 2 is 2.32 bits per heavy atom. The van der Waals surface area contributed by atoms with E-state index in [4.69, 9.17) is 5.11 Å². The number of aliphatic hydroxyl groups is 1. The smallest absolute Gasteiger partial charge is 0.356 e. The third-order valence-electron chi connectivity index (χ3n) is 3.18. The number of hydrogen-bond acceptors (Lipinski definition) is 6. The molecule has 0 spiro atoms. The zero-order valence-electron chi connectivity index (χ0n) is 10.2. The summed E-state index contributed by atoms with van der Waals surface area (Å²) in [6.45, 7) is 2.11. The van der Waals surface area contributed by atoms with Crippen LogP contribution < -0.4 is 0 Å². The van der Waals surface area contributed by atoms with Gasteiger partial charge in [0.2, 0.25) is 0 Å². The van der Waals surface area contributed by atoms with Crippen molar-refractivity contribution in [2.24, 2.45) is 5.92 Å². The summed E-state index contributed by atoms with van der Waals surface area (Å²) >= 11 is 0.797. The molecule has 1 fully saturated rings. The number of nitrogens with zero attached hydrogens (tertiary/aromatic N) is 2. The van der Waals surface area contributed by atoms with Crippen molar-refractivity contribution in [1.82, 2.24) is 9.29 Å². The summed E-state index contributed by atoms with van der Waals surface area (Å²) < 4.78 is 25.6. The molecule has 9 heteroatoms. The number of carboxylic acid groups (broad SMARTS) is 1. The predicted octanol–water partition coefficient (Wildman–Crippen LogP) is 0.233. The number of carbonyl (C=O) groups is 1. The van der Waals surface area contributed by atoms with E-state index < -0.39 is 27.8 Å². The number of thiazole rings is 1. The molecule has 0 aromatic carbocycles. The van der Waals surface area contributed by atoms with Crippen molar-refractivity contribution in [3.05, 3.63) is 11.2 Å². The van der Waals surface area contributed by atoms with Crippen LogP contribution in [0.15, 0.2) is 9.72 Å². The lowest BCUT2D eigenvalue weighted by molar-refractivity contribution is 0.0687. The van der Waals surface area contributed by atoms with E-state index in [0.717, 1.165) is 11.3 Å². The largest absolute Gasteiger partial charge is 0.476 e. The standard InChI is InChI=1S/C10H14N2O5S2/c1-6(13)7-2-3-12(4-7)19(16,17)10-8(9(14)15)11-5-18-10/h5-7,13H,2-4H2,1H3,(H,14,15). The highest BCUT2D eigenvalue weighted by atomic mass is 32.2. The number of rotatable bonds is 4. The first-order valence-corrected chi connectivity index (χ1v) is 8.01. The van der Waals surface area contributed by atoms with Crippen LogP contribution in [0.1, 0.15) is 23.8 Å². The molecule has 2 rings (SSSR count). The number of aromatic nitrogens is 1. The van der Waals surface area contributed by atoms with Gasteiger partial charge in [0.05, 0.1) is 11.6 Å². The Balaban J connectivity index is 2.29. The van der Waals surface area contributed by atoms with Gasteiger partial charge in [0.1, 0.15) is 0 Å². The van der Waals surface area contributed by atoms with Crippen LogP contribution in [0, 0.1) is 5.92 Å². The van der Waals surface area contributed by atoms with Crippen LogP contribution >= 0.6 is 11.3 Å². The summed E-state index contributed by atoms with van der Waals surface area (Å²) in [4.78, 5) is 14.5. The van der Waals surface area contributed by atoms with Crippen LogP contribution in [0.5, 0.6) is 0 Å². The first-order chi connectivity index (χ1) is 8.84. The molecule has 2 atom stereocenters. The van der Waals surface area contributed by atoms with E-state index in [9.17, 15) is 18.3 Å². The highest BCUT2D eigenvalue weighted by Crippen LogP contribution is 2.29. The average Bonchev–Trinajstić information content (AvgIpc) is 2.98. The maximum atomic E-state index is 12.3. The lowest BCUT2D eigenvalue weighted by Crippen LogP contribution is -2.31. The molecule has 0 radical (unpaired) electrons. The number of aliphatic hydroxyl groups excluding tert-OH is 1. The van der Waals surface area contributed by atoms with Gasteiger partial charge in [-0.1, -0.05) is 0 Å². The molecule has 0 saturated carbocycles. The van der Waals surface area contributed by atoms with E-state index >= 15 is 0 Å². The molecule has 0 amide bonds. The van der Waals surface area contributed by atoms with Gasteiger partial charge < -0.3 is 10.2 Å². The molecule has 0 bridgehead atoms. The summed E-state index contributed by atoms with van der Waals surface area (Å²) in [7, 11) is -3.84. The van der Waals surface area contributed by atoms with Gasteiger partial charge in [0.25, 0.3) is 10.0 Å². The van der Waals surface area contributed by atoms with Crippen molar-refractivity contribution in [2.45, 2.75) is 23.7 Å². The Morgan fingerprint density at radius 1 is 1.63 bits per heavy atom. The van der Waals surface area contributed by atoms with Crippen molar-refractivity contribution in [2.75, 3.05) is 13.1 Å². The molecule has 2 N–H and O–H groups in total. The number of aromatic carboxylic acids is 1. The van der Waals surface area contributed by atoms with Crippen LogP contribution in [-0.4, -0.2) is 53.1 Å². The van der Waals surface area contributed by atoms with Crippen molar-refractivity contribution in [1.29, 1.82) is 0 Å². The maximum Gasteiger partial charge on any atom is 0.356 e. The zero-order valence-corrected chi connectivity index (χ0v) is 11.8. The molecule has 19 heavy (non-hydrogen) atoms. The predicted molar refractivity (Wildman–Crippen MR) is 67.6 cm³/mol. The monoisotopic (exact) mass is 306 g/mol. The fourth-order valence-corrected chi connectivity index (χ4v) is 4.83. The van der Waals surface area contributed by atoms with Crippen molar-refractivity contribution in [3.63, 3.8) is 0 Å². The Kier molecular flexibility index (Phi) is 3.90. The Labute approximate surface area is 114 Å². The first kappa shape index (κ1) is 14.4.